The number of Topliss-reactive ketones (excluding diaryl/α,β-unsaturated/α-hetero) is 1. The zero-order valence-corrected chi connectivity index (χ0v) is 9.32. The standard InChI is InChI=1S/C12H17NO2/c1-7(2)9-4-5-10(11(14)6-9)12(15)8(3)13/h4-8,14H,13H2,1-3H3. The van der Waals surface area contributed by atoms with Crippen molar-refractivity contribution >= 4 is 5.78 Å². The second-order valence-corrected chi connectivity index (χ2v) is 4.08. The smallest absolute Gasteiger partial charge is 0.182 e. The SMILES string of the molecule is CC(N)C(=O)c1ccc(C(C)C)cc1O. The minimum atomic E-state index is -0.583. The average molecular weight is 207 g/mol. The van der Waals surface area contributed by atoms with Crippen LogP contribution in [0.15, 0.2) is 18.2 Å². The molecule has 0 fully saturated rings. The van der Waals surface area contributed by atoms with Crippen LogP contribution in [0.25, 0.3) is 0 Å². The van der Waals surface area contributed by atoms with Crippen molar-refractivity contribution in [2.24, 2.45) is 5.73 Å². The van der Waals surface area contributed by atoms with Gasteiger partial charge in [-0.2, -0.15) is 0 Å². The Kier molecular flexibility index (Phi) is 3.48. The van der Waals surface area contributed by atoms with Crippen molar-refractivity contribution in [1.82, 2.24) is 0 Å². The molecule has 1 rings (SSSR count). The molecule has 1 unspecified atom stereocenters. The van der Waals surface area contributed by atoms with Crippen molar-refractivity contribution in [2.75, 3.05) is 0 Å². The lowest BCUT2D eigenvalue weighted by atomic mass is 9.98. The lowest BCUT2D eigenvalue weighted by Gasteiger charge is -2.10. The molecular formula is C12H17NO2. The van der Waals surface area contributed by atoms with Gasteiger partial charge in [-0.3, -0.25) is 4.79 Å². The first-order chi connectivity index (χ1) is 6.93. The van der Waals surface area contributed by atoms with Gasteiger partial charge in [0.2, 0.25) is 0 Å². The zero-order valence-electron chi connectivity index (χ0n) is 9.32. The molecule has 0 radical (unpaired) electrons. The average Bonchev–Trinajstić information content (AvgIpc) is 2.16. The Labute approximate surface area is 89.9 Å². The summed E-state index contributed by atoms with van der Waals surface area (Å²) in [5, 5.41) is 9.68. The Morgan fingerprint density at radius 3 is 2.33 bits per heavy atom. The molecule has 1 aromatic carbocycles. The molecule has 0 aliphatic rings. The highest BCUT2D eigenvalue weighted by Crippen LogP contribution is 2.24. The first-order valence-electron chi connectivity index (χ1n) is 5.06. The molecule has 0 aliphatic heterocycles. The maximum Gasteiger partial charge on any atom is 0.182 e. The van der Waals surface area contributed by atoms with E-state index in [-0.39, 0.29) is 11.5 Å². The van der Waals surface area contributed by atoms with Crippen LogP contribution in [0, 0.1) is 0 Å². The van der Waals surface area contributed by atoms with E-state index >= 15 is 0 Å². The van der Waals surface area contributed by atoms with E-state index < -0.39 is 6.04 Å². The van der Waals surface area contributed by atoms with E-state index in [4.69, 9.17) is 5.73 Å². The third-order valence-electron chi connectivity index (χ3n) is 2.37. The van der Waals surface area contributed by atoms with Gasteiger partial charge in [0.1, 0.15) is 5.75 Å². The van der Waals surface area contributed by atoms with Crippen molar-refractivity contribution in [3.05, 3.63) is 29.3 Å². The monoisotopic (exact) mass is 207 g/mol. The lowest BCUT2D eigenvalue weighted by molar-refractivity contribution is 0.0965. The highest BCUT2D eigenvalue weighted by Gasteiger charge is 2.15. The van der Waals surface area contributed by atoms with E-state index in [1.54, 1.807) is 19.1 Å². The third kappa shape index (κ3) is 2.57. The van der Waals surface area contributed by atoms with Crippen molar-refractivity contribution in [2.45, 2.75) is 32.7 Å². The van der Waals surface area contributed by atoms with Crippen molar-refractivity contribution < 1.29 is 9.90 Å². The summed E-state index contributed by atoms with van der Waals surface area (Å²) in [5.41, 5.74) is 6.78. The van der Waals surface area contributed by atoms with E-state index in [9.17, 15) is 9.90 Å². The number of carbonyl (C=O) groups is 1. The Hall–Kier alpha value is -1.35. The van der Waals surface area contributed by atoms with Gasteiger partial charge in [-0.1, -0.05) is 19.9 Å². The fourth-order valence-corrected chi connectivity index (χ4v) is 1.36. The van der Waals surface area contributed by atoms with E-state index in [0.717, 1.165) is 5.56 Å². The Bertz CT molecular complexity index is 370. The molecule has 3 N–H and O–H groups in total. The van der Waals surface area contributed by atoms with Crippen LogP contribution in [0.3, 0.4) is 0 Å². The predicted octanol–water partition coefficient (Wildman–Crippen LogP) is 2.05. The van der Waals surface area contributed by atoms with Gasteiger partial charge >= 0.3 is 0 Å². The van der Waals surface area contributed by atoms with Crippen LogP contribution in [-0.2, 0) is 0 Å². The Balaban J connectivity index is 3.08. The molecule has 0 amide bonds. The molecule has 82 valence electrons. The van der Waals surface area contributed by atoms with Crippen LogP contribution in [0.4, 0.5) is 0 Å². The van der Waals surface area contributed by atoms with Crippen LogP contribution in [0.2, 0.25) is 0 Å². The molecule has 0 saturated carbocycles. The molecule has 15 heavy (non-hydrogen) atoms. The van der Waals surface area contributed by atoms with E-state index in [2.05, 4.69) is 0 Å². The molecule has 0 bridgehead atoms. The predicted molar refractivity (Wildman–Crippen MR) is 60.2 cm³/mol. The number of benzene rings is 1. The summed E-state index contributed by atoms with van der Waals surface area (Å²) in [4.78, 5) is 11.6. The van der Waals surface area contributed by atoms with Crippen molar-refractivity contribution in [1.29, 1.82) is 0 Å². The normalized spacial score (nSPS) is 12.9. The number of hydrogen-bond donors (Lipinski definition) is 2. The van der Waals surface area contributed by atoms with Gasteiger partial charge in [0.05, 0.1) is 11.6 Å². The lowest BCUT2D eigenvalue weighted by Crippen LogP contribution is -2.26. The highest BCUT2D eigenvalue weighted by molar-refractivity contribution is 6.01. The number of phenolic OH excluding ortho intramolecular Hbond substituents is 1. The van der Waals surface area contributed by atoms with Gasteiger partial charge in [-0.05, 0) is 30.5 Å². The van der Waals surface area contributed by atoms with E-state index in [1.807, 2.05) is 19.9 Å². The minimum Gasteiger partial charge on any atom is -0.507 e. The van der Waals surface area contributed by atoms with E-state index in [0.29, 0.717) is 11.5 Å². The second kappa shape index (κ2) is 4.45. The number of phenols is 1. The van der Waals surface area contributed by atoms with Gasteiger partial charge in [-0.15, -0.1) is 0 Å². The molecule has 0 heterocycles. The fourth-order valence-electron chi connectivity index (χ4n) is 1.36. The van der Waals surface area contributed by atoms with Crippen molar-refractivity contribution in [3.63, 3.8) is 0 Å². The summed E-state index contributed by atoms with van der Waals surface area (Å²) in [5.74, 6) is 0.113. The molecule has 0 saturated heterocycles. The van der Waals surface area contributed by atoms with Crippen LogP contribution >= 0.6 is 0 Å². The van der Waals surface area contributed by atoms with Gasteiger partial charge < -0.3 is 10.8 Å². The third-order valence-corrected chi connectivity index (χ3v) is 2.37. The number of ketones is 1. The summed E-state index contributed by atoms with van der Waals surface area (Å²) >= 11 is 0. The molecule has 0 aromatic heterocycles. The first kappa shape index (κ1) is 11.7. The minimum absolute atomic E-state index is 0.0171. The molecule has 1 aromatic rings. The van der Waals surface area contributed by atoms with Crippen LogP contribution in [0.5, 0.6) is 5.75 Å². The number of rotatable bonds is 3. The van der Waals surface area contributed by atoms with Gasteiger partial charge in [-0.25, -0.2) is 0 Å². The summed E-state index contributed by atoms with van der Waals surface area (Å²) in [7, 11) is 0. The van der Waals surface area contributed by atoms with Crippen molar-refractivity contribution in [3.8, 4) is 5.75 Å². The quantitative estimate of drug-likeness (QED) is 0.745. The summed E-state index contributed by atoms with van der Waals surface area (Å²) in [6.07, 6.45) is 0. The molecule has 3 nitrogen and oxygen atoms in total. The summed E-state index contributed by atoms with van der Waals surface area (Å²) < 4.78 is 0. The first-order valence-corrected chi connectivity index (χ1v) is 5.06. The molecule has 3 heteroatoms. The number of aromatic hydroxyl groups is 1. The van der Waals surface area contributed by atoms with Gasteiger partial charge in [0.15, 0.2) is 5.78 Å². The van der Waals surface area contributed by atoms with Gasteiger partial charge in [0.25, 0.3) is 0 Å². The van der Waals surface area contributed by atoms with Crippen LogP contribution in [0.1, 0.15) is 42.6 Å². The second-order valence-electron chi connectivity index (χ2n) is 4.08. The molecular weight excluding hydrogens is 190 g/mol. The summed E-state index contributed by atoms with van der Waals surface area (Å²) in [6.45, 7) is 5.67. The Morgan fingerprint density at radius 1 is 1.33 bits per heavy atom. The fraction of sp³-hybridized carbons (Fsp3) is 0.417. The number of hydrogen-bond acceptors (Lipinski definition) is 3. The van der Waals surface area contributed by atoms with Gasteiger partial charge in [0, 0.05) is 0 Å². The number of nitrogens with two attached hydrogens (primary N) is 1. The molecule has 0 aliphatic carbocycles. The summed E-state index contributed by atoms with van der Waals surface area (Å²) in [6, 6.07) is 4.53. The molecule has 1 atom stereocenters. The van der Waals surface area contributed by atoms with Crippen LogP contribution in [-0.4, -0.2) is 16.9 Å². The van der Waals surface area contributed by atoms with E-state index in [1.165, 1.54) is 0 Å². The molecule has 0 spiro atoms. The van der Waals surface area contributed by atoms with Crippen LogP contribution < -0.4 is 5.73 Å². The number of carbonyl (C=O) groups excluding carboxylic acids is 1. The zero-order chi connectivity index (χ0) is 11.6. The largest absolute Gasteiger partial charge is 0.507 e. The topological polar surface area (TPSA) is 63.3 Å². The maximum absolute atomic E-state index is 11.6. The Morgan fingerprint density at radius 2 is 1.93 bits per heavy atom. The maximum atomic E-state index is 11.6. The highest BCUT2D eigenvalue weighted by atomic mass is 16.3.